The van der Waals surface area contributed by atoms with E-state index in [-0.39, 0.29) is 5.91 Å². The molecule has 0 atom stereocenters. The van der Waals surface area contributed by atoms with Gasteiger partial charge in [-0.3, -0.25) is 4.79 Å². The van der Waals surface area contributed by atoms with Crippen LogP contribution in [-0.2, 0) is 16.1 Å². The van der Waals surface area contributed by atoms with Crippen molar-refractivity contribution in [3.63, 3.8) is 0 Å². The van der Waals surface area contributed by atoms with E-state index in [1.165, 1.54) is 6.92 Å². The first-order chi connectivity index (χ1) is 10.1. The van der Waals surface area contributed by atoms with Crippen LogP contribution in [0.4, 0.5) is 17.3 Å². The van der Waals surface area contributed by atoms with Crippen molar-refractivity contribution in [2.75, 3.05) is 24.4 Å². The van der Waals surface area contributed by atoms with Crippen LogP contribution in [0, 0.1) is 6.92 Å². The van der Waals surface area contributed by atoms with E-state index in [1.54, 1.807) is 7.11 Å². The minimum Gasteiger partial charge on any atom is -0.383 e. The summed E-state index contributed by atoms with van der Waals surface area (Å²) < 4.78 is 7.11. The smallest absolute Gasteiger partial charge is 0.221 e. The van der Waals surface area contributed by atoms with Crippen molar-refractivity contribution < 1.29 is 9.53 Å². The molecular formula is C15H20N4O2. The summed E-state index contributed by atoms with van der Waals surface area (Å²) in [6.45, 7) is 4.81. The van der Waals surface area contributed by atoms with Crippen LogP contribution in [0.25, 0.3) is 0 Å². The first kappa shape index (κ1) is 15.1. The molecule has 0 bridgehead atoms. The van der Waals surface area contributed by atoms with E-state index in [0.29, 0.717) is 6.61 Å². The van der Waals surface area contributed by atoms with Crippen LogP contribution in [0.15, 0.2) is 30.5 Å². The third-order valence-corrected chi connectivity index (χ3v) is 2.89. The molecule has 0 fully saturated rings. The summed E-state index contributed by atoms with van der Waals surface area (Å²) >= 11 is 0. The summed E-state index contributed by atoms with van der Waals surface area (Å²) in [6, 6.07) is 7.49. The van der Waals surface area contributed by atoms with Gasteiger partial charge in [-0.05, 0) is 31.2 Å². The van der Waals surface area contributed by atoms with Crippen molar-refractivity contribution in [2.45, 2.75) is 20.4 Å². The maximum Gasteiger partial charge on any atom is 0.221 e. The summed E-state index contributed by atoms with van der Waals surface area (Å²) in [4.78, 5) is 15.4. The Bertz CT molecular complexity index is 605. The first-order valence-electron chi connectivity index (χ1n) is 6.76. The molecule has 6 heteroatoms. The number of amides is 1. The Hall–Kier alpha value is -2.34. The number of methoxy groups -OCH3 is 1. The fraction of sp³-hybridized carbons (Fsp3) is 0.333. The number of aryl methyl sites for hydroxylation is 1. The van der Waals surface area contributed by atoms with Gasteiger partial charge in [0.1, 0.15) is 0 Å². The molecule has 1 heterocycles. The predicted molar refractivity (Wildman–Crippen MR) is 82.9 cm³/mol. The van der Waals surface area contributed by atoms with Gasteiger partial charge in [0.25, 0.3) is 0 Å². The third-order valence-electron chi connectivity index (χ3n) is 2.89. The van der Waals surface area contributed by atoms with Gasteiger partial charge < -0.3 is 19.9 Å². The lowest BCUT2D eigenvalue weighted by Crippen LogP contribution is -2.07. The molecule has 1 amide bonds. The van der Waals surface area contributed by atoms with Crippen LogP contribution < -0.4 is 10.6 Å². The molecule has 6 nitrogen and oxygen atoms in total. The summed E-state index contributed by atoms with van der Waals surface area (Å²) in [6.07, 6.45) is 1.98. The molecule has 0 saturated heterocycles. The number of benzene rings is 1. The van der Waals surface area contributed by atoms with Crippen LogP contribution in [0.2, 0.25) is 0 Å². The number of carbonyl (C=O) groups is 1. The molecule has 0 aliphatic carbocycles. The Morgan fingerprint density at radius 1 is 1.29 bits per heavy atom. The van der Waals surface area contributed by atoms with Crippen LogP contribution in [0.5, 0.6) is 0 Å². The number of carbonyl (C=O) groups excluding carboxylic acids is 1. The number of anilines is 3. The molecule has 2 N–H and O–H groups in total. The quantitative estimate of drug-likeness (QED) is 0.857. The van der Waals surface area contributed by atoms with E-state index >= 15 is 0 Å². The molecule has 21 heavy (non-hydrogen) atoms. The minimum atomic E-state index is -0.0820. The van der Waals surface area contributed by atoms with Crippen molar-refractivity contribution in [3.8, 4) is 0 Å². The zero-order valence-electron chi connectivity index (χ0n) is 12.5. The van der Waals surface area contributed by atoms with Gasteiger partial charge >= 0.3 is 0 Å². The van der Waals surface area contributed by atoms with E-state index < -0.39 is 0 Å². The predicted octanol–water partition coefficient (Wildman–Crippen LogP) is 2.54. The van der Waals surface area contributed by atoms with E-state index in [9.17, 15) is 4.79 Å². The lowest BCUT2D eigenvalue weighted by Gasteiger charge is -2.10. The van der Waals surface area contributed by atoms with Gasteiger partial charge in [-0.1, -0.05) is 0 Å². The van der Waals surface area contributed by atoms with Gasteiger partial charge in [-0.25, -0.2) is 4.98 Å². The number of imidazole rings is 1. The van der Waals surface area contributed by atoms with Gasteiger partial charge in [0, 0.05) is 38.1 Å². The van der Waals surface area contributed by atoms with E-state index in [4.69, 9.17) is 4.74 Å². The maximum atomic E-state index is 11.0. The van der Waals surface area contributed by atoms with Crippen molar-refractivity contribution in [1.82, 2.24) is 9.55 Å². The summed E-state index contributed by atoms with van der Waals surface area (Å²) in [5.41, 5.74) is 2.63. The summed E-state index contributed by atoms with van der Waals surface area (Å²) in [5, 5.41) is 6.00. The van der Waals surface area contributed by atoms with Crippen LogP contribution >= 0.6 is 0 Å². The Morgan fingerprint density at radius 3 is 2.57 bits per heavy atom. The molecule has 0 unspecified atom stereocenters. The number of nitrogens with one attached hydrogen (secondary N) is 2. The first-order valence-corrected chi connectivity index (χ1v) is 6.76. The average Bonchev–Trinajstić information content (AvgIpc) is 2.78. The number of hydrogen-bond donors (Lipinski definition) is 2. The molecule has 0 aliphatic heterocycles. The highest BCUT2D eigenvalue weighted by atomic mass is 16.5. The molecule has 1 aromatic heterocycles. The van der Waals surface area contributed by atoms with Gasteiger partial charge in [0.15, 0.2) is 0 Å². The second-order valence-electron chi connectivity index (χ2n) is 4.78. The summed E-state index contributed by atoms with van der Waals surface area (Å²) in [5.74, 6) is 0.693. The zero-order chi connectivity index (χ0) is 15.2. The standard InChI is InChI=1S/C15H20N4O2/c1-11-10-19(8-9-21-3)15(16-11)18-14-6-4-13(5-7-14)17-12(2)20/h4-7,10H,8-9H2,1-3H3,(H,16,18)(H,17,20). The SMILES string of the molecule is COCCn1cc(C)nc1Nc1ccc(NC(C)=O)cc1. The normalized spacial score (nSPS) is 10.4. The van der Waals surface area contributed by atoms with Crippen LogP contribution in [0.1, 0.15) is 12.6 Å². The molecule has 0 aliphatic rings. The molecule has 0 saturated carbocycles. The highest BCUT2D eigenvalue weighted by Crippen LogP contribution is 2.19. The van der Waals surface area contributed by atoms with Crippen LogP contribution in [0.3, 0.4) is 0 Å². The third kappa shape index (κ3) is 4.32. The molecule has 0 spiro atoms. The minimum absolute atomic E-state index is 0.0820. The fourth-order valence-corrected chi connectivity index (χ4v) is 1.98. The number of hydrogen-bond acceptors (Lipinski definition) is 4. The Balaban J connectivity index is 2.08. The monoisotopic (exact) mass is 288 g/mol. The zero-order valence-corrected chi connectivity index (χ0v) is 12.5. The fourth-order valence-electron chi connectivity index (χ4n) is 1.98. The van der Waals surface area contributed by atoms with Crippen molar-refractivity contribution in [2.24, 2.45) is 0 Å². The van der Waals surface area contributed by atoms with Crippen molar-refractivity contribution >= 4 is 23.2 Å². The Morgan fingerprint density at radius 2 is 1.95 bits per heavy atom. The van der Waals surface area contributed by atoms with Gasteiger partial charge in [0.2, 0.25) is 11.9 Å². The maximum absolute atomic E-state index is 11.0. The van der Waals surface area contributed by atoms with Crippen LogP contribution in [-0.4, -0.2) is 29.2 Å². The van der Waals surface area contributed by atoms with Gasteiger partial charge in [0.05, 0.1) is 12.3 Å². The molecule has 112 valence electrons. The molecular weight excluding hydrogens is 268 g/mol. The topological polar surface area (TPSA) is 68.2 Å². The number of nitrogens with zero attached hydrogens (tertiary/aromatic N) is 2. The summed E-state index contributed by atoms with van der Waals surface area (Å²) in [7, 11) is 1.68. The molecule has 2 rings (SSSR count). The Labute approximate surface area is 124 Å². The number of aromatic nitrogens is 2. The van der Waals surface area contributed by atoms with Crippen molar-refractivity contribution in [1.29, 1.82) is 0 Å². The lowest BCUT2D eigenvalue weighted by atomic mass is 10.3. The highest BCUT2D eigenvalue weighted by Gasteiger charge is 2.06. The lowest BCUT2D eigenvalue weighted by molar-refractivity contribution is -0.114. The van der Waals surface area contributed by atoms with E-state index in [2.05, 4.69) is 15.6 Å². The van der Waals surface area contributed by atoms with Gasteiger partial charge in [-0.15, -0.1) is 0 Å². The molecule has 2 aromatic rings. The molecule has 1 aromatic carbocycles. The largest absolute Gasteiger partial charge is 0.383 e. The second kappa shape index (κ2) is 6.90. The van der Waals surface area contributed by atoms with E-state index in [0.717, 1.165) is 29.6 Å². The average molecular weight is 288 g/mol. The number of rotatable bonds is 6. The Kier molecular flexibility index (Phi) is 4.94. The number of ether oxygens (including phenoxy) is 1. The van der Waals surface area contributed by atoms with Crippen molar-refractivity contribution in [3.05, 3.63) is 36.2 Å². The van der Waals surface area contributed by atoms with Gasteiger partial charge in [-0.2, -0.15) is 0 Å². The second-order valence-corrected chi connectivity index (χ2v) is 4.78. The molecule has 0 radical (unpaired) electrons. The van der Waals surface area contributed by atoms with E-state index in [1.807, 2.05) is 42.0 Å². The highest BCUT2D eigenvalue weighted by molar-refractivity contribution is 5.88.